The quantitative estimate of drug-likeness (QED) is 0.707. The molecule has 1 aliphatic carbocycles. The first-order valence-electron chi connectivity index (χ1n) is 5.13. The second-order valence-electron chi connectivity index (χ2n) is 4.15. The van der Waals surface area contributed by atoms with E-state index in [0.29, 0.717) is 11.8 Å². The van der Waals surface area contributed by atoms with E-state index in [0.717, 1.165) is 16.5 Å². The Hall–Kier alpha value is -1.31. The van der Waals surface area contributed by atoms with Gasteiger partial charge < -0.3 is 4.98 Å². The molecular weight excluding hydrogens is 172 g/mol. The zero-order chi connectivity index (χ0) is 10.1. The van der Waals surface area contributed by atoms with Crippen LogP contribution in [-0.2, 0) is 0 Å². The molecule has 0 spiro atoms. The molecule has 0 aliphatic heterocycles. The Morgan fingerprint density at radius 3 is 2.93 bits per heavy atom. The van der Waals surface area contributed by atoms with Crippen LogP contribution in [0.5, 0.6) is 0 Å². The monoisotopic (exact) mass is 188 g/mol. The minimum atomic E-state index is 0.461. The van der Waals surface area contributed by atoms with E-state index in [2.05, 4.69) is 55.0 Å². The van der Waals surface area contributed by atoms with Crippen LogP contribution < -0.4 is 10.7 Å². The topological polar surface area (TPSA) is 28.7 Å². The SMILES string of the molecule is CC1C=CC=c2[nH]c(C(C)C)nc2=C1. The number of aromatic amines is 1. The fraction of sp³-hybridized carbons (Fsp3) is 0.417. The summed E-state index contributed by atoms with van der Waals surface area (Å²) in [6, 6.07) is 0. The summed E-state index contributed by atoms with van der Waals surface area (Å²) in [6.07, 6.45) is 8.55. The summed E-state index contributed by atoms with van der Waals surface area (Å²) >= 11 is 0. The van der Waals surface area contributed by atoms with Crippen LogP contribution >= 0.6 is 0 Å². The first kappa shape index (κ1) is 9.25. The van der Waals surface area contributed by atoms with Gasteiger partial charge in [0.25, 0.3) is 0 Å². The number of fused-ring (bicyclic) bond motifs is 1. The molecule has 1 aromatic rings. The third-order valence-corrected chi connectivity index (χ3v) is 2.42. The second-order valence-corrected chi connectivity index (χ2v) is 4.15. The normalized spacial score (nSPS) is 19.9. The van der Waals surface area contributed by atoms with Crippen molar-refractivity contribution in [2.24, 2.45) is 5.92 Å². The van der Waals surface area contributed by atoms with E-state index in [1.54, 1.807) is 0 Å². The zero-order valence-corrected chi connectivity index (χ0v) is 8.91. The summed E-state index contributed by atoms with van der Waals surface area (Å²) in [5, 5.41) is 2.22. The van der Waals surface area contributed by atoms with Crippen LogP contribution in [0.25, 0.3) is 12.2 Å². The molecular formula is C12H16N2. The third-order valence-electron chi connectivity index (χ3n) is 2.42. The van der Waals surface area contributed by atoms with Crippen LogP contribution in [0.15, 0.2) is 12.2 Å². The van der Waals surface area contributed by atoms with Gasteiger partial charge >= 0.3 is 0 Å². The van der Waals surface area contributed by atoms with E-state index >= 15 is 0 Å². The van der Waals surface area contributed by atoms with Gasteiger partial charge in [-0.1, -0.05) is 32.9 Å². The lowest BCUT2D eigenvalue weighted by Crippen LogP contribution is -2.23. The highest BCUT2D eigenvalue weighted by molar-refractivity contribution is 5.42. The molecule has 2 nitrogen and oxygen atoms in total. The Kier molecular flexibility index (Phi) is 2.28. The summed E-state index contributed by atoms with van der Waals surface area (Å²) in [6.45, 7) is 6.47. The zero-order valence-electron chi connectivity index (χ0n) is 8.91. The average molecular weight is 188 g/mol. The van der Waals surface area contributed by atoms with Gasteiger partial charge in [0.15, 0.2) is 0 Å². The number of H-pyrrole nitrogens is 1. The minimum Gasteiger partial charge on any atom is -0.342 e. The molecule has 2 heteroatoms. The number of nitrogens with zero attached hydrogens (tertiary/aromatic N) is 1. The molecule has 1 unspecified atom stereocenters. The van der Waals surface area contributed by atoms with Crippen molar-refractivity contribution >= 4 is 12.2 Å². The predicted molar refractivity (Wildman–Crippen MR) is 59.2 cm³/mol. The molecule has 1 N–H and O–H groups in total. The maximum atomic E-state index is 4.58. The molecule has 2 rings (SSSR count). The van der Waals surface area contributed by atoms with Crippen LogP contribution in [-0.4, -0.2) is 9.97 Å². The molecule has 1 aromatic heterocycles. The van der Waals surface area contributed by atoms with Gasteiger partial charge in [0, 0.05) is 5.92 Å². The molecule has 14 heavy (non-hydrogen) atoms. The van der Waals surface area contributed by atoms with Crippen molar-refractivity contribution in [3.05, 3.63) is 28.7 Å². The largest absolute Gasteiger partial charge is 0.342 e. The molecule has 1 heterocycles. The Labute approximate surface area is 84.1 Å². The molecule has 0 radical (unpaired) electrons. The minimum absolute atomic E-state index is 0.461. The van der Waals surface area contributed by atoms with Crippen molar-refractivity contribution in [2.45, 2.75) is 26.7 Å². The molecule has 0 fully saturated rings. The van der Waals surface area contributed by atoms with Gasteiger partial charge in [0.1, 0.15) is 5.82 Å². The maximum Gasteiger partial charge on any atom is 0.109 e. The average Bonchev–Trinajstić information content (AvgIpc) is 2.42. The Morgan fingerprint density at radius 2 is 2.21 bits per heavy atom. The molecule has 0 saturated heterocycles. The summed E-state index contributed by atoms with van der Waals surface area (Å²) in [5.74, 6) is 2.00. The number of nitrogens with one attached hydrogen (secondary N) is 1. The van der Waals surface area contributed by atoms with Crippen LogP contribution in [0.1, 0.15) is 32.5 Å². The molecule has 0 bridgehead atoms. The van der Waals surface area contributed by atoms with Gasteiger partial charge in [0.05, 0.1) is 10.7 Å². The van der Waals surface area contributed by atoms with Gasteiger partial charge in [-0.25, -0.2) is 4.98 Å². The van der Waals surface area contributed by atoms with Crippen molar-refractivity contribution in [1.29, 1.82) is 0 Å². The molecule has 1 aliphatic rings. The Morgan fingerprint density at radius 1 is 1.43 bits per heavy atom. The lowest BCUT2D eigenvalue weighted by atomic mass is 10.1. The molecule has 0 amide bonds. The standard InChI is InChI=1S/C12H16N2/c1-8(2)12-13-10-6-4-5-9(3)7-11(10)14-12/h4-9H,1-3H3,(H,13,14). The summed E-state index contributed by atoms with van der Waals surface area (Å²) < 4.78 is 0. The molecule has 0 saturated carbocycles. The fourth-order valence-corrected chi connectivity index (χ4v) is 1.58. The number of aromatic nitrogens is 2. The number of rotatable bonds is 1. The van der Waals surface area contributed by atoms with Gasteiger partial charge in [-0.2, -0.15) is 0 Å². The molecule has 74 valence electrons. The van der Waals surface area contributed by atoms with Crippen LogP contribution in [0.2, 0.25) is 0 Å². The maximum absolute atomic E-state index is 4.58. The highest BCUT2D eigenvalue weighted by atomic mass is 14.9. The predicted octanol–water partition coefficient (Wildman–Crippen LogP) is 1.30. The Balaban J connectivity index is 2.61. The van der Waals surface area contributed by atoms with Crippen LogP contribution in [0, 0.1) is 5.92 Å². The second kappa shape index (κ2) is 3.45. The summed E-state index contributed by atoms with van der Waals surface area (Å²) in [4.78, 5) is 7.92. The van der Waals surface area contributed by atoms with Gasteiger partial charge in [-0.15, -0.1) is 0 Å². The summed E-state index contributed by atoms with van der Waals surface area (Å²) in [5.41, 5.74) is 0. The van der Waals surface area contributed by atoms with E-state index in [1.165, 1.54) is 0 Å². The van der Waals surface area contributed by atoms with E-state index in [-0.39, 0.29) is 0 Å². The summed E-state index contributed by atoms with van der Waals surface area (Å²) in [7, 11) is 0. The first-order chi connectivity index (χ1) is 6.66. The fourth-order valence-electron chi connectivity index (χ4n) is 1.58. The van der Waals surface area contributed by atoms with E-state index in [1.807, 2.05) is 0 Å². The van der Waals surface area contributed by atoms with Crippen molar-refractivity contribution in [3.8, 4) is 0 Å². The van der Waals surface area contributed by atoms with Crippen molar-refractivity contribution < 1.29 is 0 Å². The van der Waals surface area contributed by atoms with E-state index in [9.17, 15) is 0 Å². The van der Waals surface area contributed by atoms with Crippen LogP contribution in [0.4, 0.5) is 0 Å². The smallest absolute Gasteiger partial charge is 0.109 e. The molecule has 0 aromatic carbocycles. The lowest BCUT2D eigenvalue weighted by Gasteiger charge is -1.96. The highest BCUT2D eigenvalue weighted by Gasteiger charge is 2.04. The third kappa shape index (κ3) is 1.65. The van der Waals surface area contributed by atoms with Crippen LogP contribution in [0.3, 0.4) is 0 Å². The van der Waals surface area contributed by atoms with E-state index in [4.69, 9.17) is 0 Å². The van der Waals surface area contributed by atoms with Crippen molar-refractivity contribution in [1.82, 2.24) is 9.97 Å². The first-order valence-corrected chi connectivity index (χ1v) is 5.13. The Bertz CT molecular complexity index is 463. The van der Waals surface area contributed by atoms with Crippen molar-refractivity contribution in [2.75, 3.05) is 0 Å². The number of imidazole rings is 1. The van der Waals surface area contributed by atoms with E-state index < -0.39 is 0 Å². The highest BCUT2D eigenvalue weighted by Crippen LogP contribution is 2.05. The van der Waals surface area contributed by atoms with Gasteiger partial charge in [-0.05, 0) is 18.1 Å². The van der Waals surface area contributed by atoms with Gasteiger partial charge in [-0.3, -0.25) is 0 Å². The molecule has 1 atom stereocenters. The number of allylic oxidation sites excluding steroid dienone is 2. The number of hydrogen-bond donors (Lipinski definition) is 1. The van der Waals surface area contributed by atoms with Crippen molar-refractivity contribution in [3.63, 3.8) is 0 Å². The number of hydrogen-bond acceptors (Lipinski definition) is 1. The lowest BCUT2D eigenvalue weighted by molar-refractivity contribution is 0.790. The van der Waals surface area contributed by atoms with Gasteiger partial charge in [0.2, 0.25) is 0 Å².